The molecule has 0 bridgehead atoms. The molecule has 1 saturated carbocycles. The van der Waals surface area contributed by atoms with Gasteiger partial charge in [-0.1, -0.05) is 33.1 Å². The van der Waals surface area contributed by atoms with E-state index in [9.17, 15) is 10.1 Å². The maximum Gasteiger partial charge on any atom is 0.243 e. The third kappa shape index (κ3) is 3.25. The molecule has 1 aliphatic carbocycles. The lowest BCUT2D eigenvalue weighted by atomic mass is 9.74. The van der Waals surface area contributed by atoms with Gasteiger partial charge in [0.05, 0.1) is 6.07 Å². The summed E-state index contributed by atoms with van der Waals surface area (Å²) in [4.78, 5) is 14.6. The van der Waals surface area contributed by atoms with Crippen LogP contribution in [0.15, 0.2) is 0 Å². The summed E-state index contributed by atoms with van der Waals surface area (Å²) in [5.41, 5.74) is -0.739. The summed E-state index contributed by atoms with van der Waals surface area (Å²) >= 11 is 0. The summed E-state index contributed by atoms with van der Waals surface area (Å²) in [6.07, 6.45) is 4.65. The van der Waals surface area contributed by atoms with Gasteiger partial charge in [0.1, 0.15) is 5.41 Å². The van der Waals surface area contributed by atoms with Gasteiger partial charge in [-0.3, -0.25) is 4.79 Å². The maximum absolute atomic E-state index is 12.7. The lowest BCUT2D eigenvalue weighted by molar-refractivity contribution is -0.143. The second-order valence-electron chi connectivity index (χ2n) is 6.20. The highest BCUT2D eigenvalue weighted by Gasteiger charge is 2.43. The Morgan fingerprint density at radius 2 is 1.78 bits per heavy atom. The molecule has 102 valence electrons. The summed E-state index contributed by atoms with van der Waals surface area (Å²) < 4.78 is 0. The van der Waals surface area contributed by atoms with Crippen LogP contribution in [0.4, 0.5) is 0 Å². The number of nitrogens with zero attached hydrogens (tertiary/aromatic N) is 2. The topological polar surface area (TPSA) is 44.1 Å². The van der Waals surface area contributed by atoms with Gasteiger partial charge >= 0.3 is 0 Å². The van der Waals surface area contributed by atoms with Crippen LogP contribution in [-0.4, -0.2) is 23.4 Å². The highest BCUT2D eigenvalue weighted by Crippen LogP contribution is 2.38. The van der Waals surface area contributed by atoms with Crippen LogP contribution in [0.1, 0.15) is 59.8 Å². The van der Waals surface area contributed by atoms with Gasteiger partial charge in [0, 0.05) is 12.6 Å². The molecule has 3 heteroatoms. The lowest BCUT2D eigenvalue weighted by Crippen LogP contribution is -2.48. The van der Waals surface area contributed by atoms with Crippen LogP contribution in [0.25, 0.3) is 0 Å². The average molecular weight is 250 g/mol. The van der Waals surface area contributed by atoms with Crippen molar-refractivity contribution in [3.63, 3.8) is 0 Å². The zero-order chi connectivity index (χ0) is 13.8. The molecule has 0 aromatic rings. The molecular weight excluding hydrogens is 224 g/mol. The van der Waals surface area contributed by atoms with E-state index >= 15 is 0 Å². The van der Waals surface area contributed by atoms with Gasteiger partial charge in [-0.15, -0.1) is 0 Å². The number of nitriles is 1. The molecular formula is C15H26N2O. The Labute approximate surface area is 111 Å². The van der Waals surface area contributed by atoms with Crippen LogP contribution in [-0.2, 0) is 4.79 Å². The smallest absolute Gasteiger partial charge is 0.243 e. The number of amides is 1. The van der Waals surface area contributed by atoms with E-state index < -0.39 is 5.41 Å². The number of hydrogen-bond donors (Lipinski definition) is 0. The molecule has 0 unspecified atom stereocenters. The fourth-order valence-electron chi connectivity index (χ4n) is 2.73. The van der Waals surface area contributed by atoms with Crippen molar-refractivity contribution in [2.24, 2.45) is 11.3 Å². The molecule has 0 aromatic heterocycles. The molecule has 1 rings (SSSR count). The Kier molecular flexibility index (Phi) is 5.19. The Bertz CT molecular complexity index is 322. The minimum atomic E-state index is -0.739. The van der Waals surface area contributed by atoms with Crippen LogP contribution in [0.2, 0.25) is 0 Å². The van der Waals surface area contributed by atoms with Crippen LogP contribution in [0.5, 0.6) is 0 Å². The minimum Gasteiger partial charge on any atom is -0.339 e. The van der Waals surface area contributed by atoms with Crippen LogP contribution in [0.3, 0.4) is 0 Å². The number of carbonyl (C=O) groups excluding carboxylic acids is 1. The number of rotatable bonds is 4. The standard InChI is InChI=1S/C15H26N2O/c1-12(2)10-17(13(3)4)14(18)15(11-16)8-6-5-7-9-15/h12-13H,5-10H2,1-4H3. The largest absolute Gasteiger partial charge is 0.339 e. The van der Waals surface area contributed by atoms with Crippen molar-refractivity contribution in [1.29, 1.82) is 5.26 Å². The number of hydrogen-bond acceptors (Lipinski definition) is 2. The van der Waals surface area contributed by atoms with Crippen molar-refractivity contribution in [3.05, 3.63) is 0 Å². The van der Waals surface area contributed by atoms with Crippen molar-refractivity contribution < 1.29 is 4.79 Å². The molecule has 0 aliphatic heterocycles. The van der Waals surface area contributed by atoms with Gasteiger partial charge in [-0.2, -0.15) is 5.26 Å². The van der Waals surface area contributed by atoms with Crippen molar-refractivity contribution >= 4 is 5.91 Å². The fraction of sp³-hybridized carbons (Fsp3) is 0.867. The van der Waals surface area contributed by atoms with Crippen molar-refractivity contribution in [3.8, 4) is 6.07 Å². The fourth-order valence-corrected chi connectivity index (χ4v) is 2.73. The van der Waals surface area contributed by atoms with Crippen LogP contribution < -0.4 is 0 Å². The second-order valence-corrected chi connectivity index (χ2v) is 6.20. The van der Waals surface area contributed by atoms with Gasteiger partial charge in [-0.05, 0) is 32.6 Å². The molecule has 0 atom stereocenters. The first-order chi connectivity index (χ1) is 8.43. The van der Waals surface area contributed by atoms with Crippen molar-refractivity contribution in [2.45, 2.75) is 65.8 Å². The SMILES string of the molecule is CC(C)CN(C(=O)C1(C#N)CCCCC1)C(C)C. The zero-order valence-corrected chi connectivity index (χ0v) is 12.2. The van der Waals surface area contributed by atoms with Gasteiger partial charge in [0.2, 0.25) is 5.91 Å². The monoisotopic (exact) mass is 250 g/mol. The summed E-state index contributed by atoms with van der Waals surface area (Å²) in [6, 6.07) is 2.51. The molecule has 18 heavy (non-hydrogen) atoms. The quantitative estimate of drug-likeness (QED) is 0.768. The Morgan fingerprint density at radius 1 is 1.22 bits per heavy atom. The first kappa shape index (κ1) is 15.0. The van der Waals surface area contributed by atoms with E-state index in [1.807, 2.05) is 18.7 Å². The molecule has 0 N–H and O–H groups in total. The molecule has 0 spiro atoms. The summed E-state index contributed by atoms with van der Waals surface area (Å²) in [6.45, 7) is 9.05. The van der Waals surface area contributed by atoms with E-state index in [4.69, 9.17) is 0 Å². The number of carbonyl (C=O) groups is 1. The predicted molar refractivity (Wildman–Crippen MR) is 72.8 cm³/mol. The van der Waals surface area contributed by atoms with E-state index in [2.05, 4.69) is 19.9 Å². The summed E-state index contributed by atoms with van der Waals surface area (Å²) in [5.74, 6) is 0.504. The molecule has 1 amide bonds. The van der Waals surface area contributed by atoms with Gasteiger partial charge in [0.15, 0.2) is 0 Å². The normalized spacial score (nSPS) is 18.7. The molecule has 0 heterocycles. The minimum absolute atomic E-state index is 0.0633. The first-order valence-electron chi connectivity index (χ1n) is 7.15. The van der Waals surface area contributed by atoms with E-state index in [0.717, 1.165) is 38.6 Å². The molecule has 1 aliphatic rings. The van der Waals surface area contributed by atoms with Gasteiger partial charge in [-0.25, -0.2) is 0 Å². The second kappa shape index (κ2) is 6.22. The Balaban J connectivity index is 2.89. The highest BCUT2D eigenvalue weighted by atomic mass is 16.2. The van der Waals surface area contributed by atoms with Crippen molar-refractivity contribution in [1.82, 2.24) is 4.90 Å². The Morgan fingerprint density at radius 3 is 2.17 bits per heavy atom. The molecule has 0 saturated heterocycles. The first-order valence-corrected chi connectivity index (χ1v) is 7.15. The lowest BCUT2D eigenvalue weighted by Gasteiger charge is -2.37. The van der Waals surface area contributed by atoms with E-state index in [-0.39, 0.29) is 11.9 Å². The van der Waals surface area contributed by atoms with Crippen molar-refractivity contribution in [2.75, 3.05) is 6.54 Å². The van der Waals surface area contributed by atoms with Gasteiger partial charge < -0.3 is 4.90 Å². The van der Waals surface area contributed by atoms with E-state index in [1.165, 1.54) is 0 Å². The third-order valence-electron chi connectivity index (χ3n) is 3.78. The Hall–Kier alpha value is -1.04. The predicted octanol–water partition coefficient (Wildman–Crippen LogP) is 3.35. The molecule has 1 fully saturated rings. The maximum atomic E-state index is 12.7. The van der Waals surface area contributed by atoms with E-state index in [0.29, 0.717) is 5.92 Å². The highest BCUT2D eigenvalue weighted by molar-refractivity contribution is 5.85. The van der Waals surface area contributed by atoms with Crippen LogP contribution in [0, 0.1) is 22.7 Å². The molecule has 3 nitrogen and oxygen atoms in total. The summed E-state index contributed by atoms with van der Waals surface area (Å²) in [5, 5.41) is 9.48. The molecule has 0 aromatic carbocycles. The molecule has 0 radical (unpaired) electrons. The third-order valence-corrected chi connectivity index (χ3v) is 3.78. The van der Waals surface area contributed by atoms with E-state index in [1.54, 1.807) is 0 Å². The summed E-state index contributed by atoms with van der Waals surface area (Å²) in [7, 11) is 0. The van der Waals surface area contributed by atoms with Gasteiger partial charge in [0.25, 0.3) is 0 Å². The zero-order valence-electron chi connectivity index (χ0n) is 12.2. The average Bonchev–Trinajstić information content (AvgIpc) is 2.35. The van der Waals surface area contributed by atoms with Crippen LogP contribution >= 0.6 is 0 Å².